The molecule has 0 amide bonds. The number of hydrogen-bond acceptors (Lipinski definition) is 0. The van der Waals surface area contributed by atoms with Crippen molar-refractivity contribution in [2.45, 2.75) is 5.41 Å². The van der Waals surface area contributed by atoms with Crippen LogP contribution >= 0.6 is 0 Å². The largest absolute Gasteiger partial charge is 0.0725 e. The molecule has 0 bridgehead atoms. The van der Waals surface area contributed by atoms with Gasteiger partial charge in [-0.05, 0) is 117 Å². The van der Waals surface area contributed by atoms with Crippen molar-refractivity contribution in [2.24, 2.45) is 0 Å². The van der Waals surface area contributed by atoms with Gasteiger partial charge in [0.05, 0.1) is 46.5 Å². The van der Waals surface area contributed by atoms with Crippen LogP contribution in [0.2, 0.25) is 0 Å². The second-order valence-electron chi connectivity index (χ2n) is 11.2. The zero-order valence-corrected chi connectivity index (χ0v) is 24.5. The Balaban J connectivity index is 1.40. The fourth-order valence-electron chi connectivity index (χ4n) is 6.97. The van der Waals surface area contributed by atoms with Crippen molar-refractivity contribution in [1.29, 1.82) is 0 Å². The normalized spacial score (nSPS) is 22.0. The van der Waals surface area contributed by atoms with Crippen molar-refractivity contribution in [3.63, 3.8) is 0 Å². The Morgan fingerprint density at radius 2 is 0.653 bits per heavy atom. The third-order valence-electron chi connectivity index (χ3n) is 8.94. The van der Waals surface area contributed by atoms with Crippen LogP contribution in [0.15, 0.2) is 181 Å². The van der Waals surface area contributed by atoms with Crippen molar-refractivity contribution < 1.29 is 41.1 Å². The fourth-order valence-corrected chi connectivity index (χ4v) is 6.97. The lowest BCUT2D eigenvalue weighted by molar-refractivity contribution is 0.794. The Morgan fingerprint density at radius 3 is 1.20 bits per heavy atom. The summed E-state index contributed by atoms with van der Waals surface area (Å²) in [7, 11) is 0. The summed E-state index contributed by atoms with van der Waals surface area (Å²) in [6.07, 6.45) is 0. The molecule has 2 aliphatic carbocycles. The molecule has 0 fully saturated rings. The number of hydrogen-bond donors (Lipinski definition) is 0. The lowest BCUT2D eigenvalue weighted by Gasteiger charge is -2.30. The fraction of sp³-hybridized carbons (Fsp3) is 0.0204. The average Bonchev–Trinajstić information content (AvgIpc) is 1.73. The summed E-state index contributed by atoms with van der Waals surface area (Å²) in [6, 6.07) is -28.5. The highest BCUT2D eigenvalue weighted by molar-refractivity contribution is 6.26. The summed E-state index contributed by atoms with van der Waals surface area (Å²) in [5.74, 6) is 0. The Labute approximate surface area is 327 Å². The van der Waals surface area contributed by atoms with Gasteiger partial charge in [-0.2, -0.15) is 0 Å². The molecule has 0 saturated carbocycles. The van der Waals surface area contributed by atoms with Crippen LogP contribution in [0.3, 0.4) is 0 Å². The molecule has 0 radical (unpaired) electrons. The lowest BCUT2D eigenvalue weighted by Crippen LogP contribution is -2.25. The molecule has 0 N–H and O–H groups in total. The molecule has 0 unspecified atom stereocenters. The van der Waals surface area contributed by atoms with Gasteiger partial charge in [0.15, 0.2) is 0 Å². The molecule has 2 aliphatic rings. The van der Waals surface area contributed by atoms with Crippen LogP contribution in [-0.2, 0) is 5.41 Å². The Kier molecular flexibility index (Phi) is 2.20. The minimum absolute atomic E-state index is 0.570. The molecule has 1 spiro atoms. The van der Waals surface area contributed by atoms with Crippen LogP contribution in [0.4, 0.5) is 0 Å². The van der Waals surface area contributed by atoms with E-state index in [1.54, 1.807) is 0 Å². The topological polar surface area (TPSA) is 0 Å². The first-order valence-corrected chi connectivity index (χ1v) is 14.8. The first-order valence-electron chi connectivity index (χ1n) is 29.8. The van der Waals surface area contributed by atoms with Gasteiger partial charge in [0.2, 0.25) is 0 Å². The number of fused-ring (bicyclic) bond motifs is 16. The molecule has 0 aliphatic heterocycles. The van der Waals surface area contributed by atoms with Gasteiger partial charge in [-0.15, -0.1) is 0 Å². The van der Waals surface area contributed by atoms with E-state index in [2.05, 4.69) is 0 Å². The standard InChI is InChI=1S/C49H30/c1-2-12-31(13-3-1)32-22-25-37-38-26-23-33(29-44(38)36-15-5-4-14-35(36)43(37)28-32)34-24-27-42-41-18-8-11-21-47(41)49(48(42)30-34)45-19-9-6-16-39(45)40-17-7-10-20-46(40)49/h1-30H/i1D,2D,3D,4D,5D,6D,7D,8D,9D,10D,11D,12D,13D,14D,15D,16D,17D,18D,19D,20D,21D,22D,23D,24D,25D,26D,27D,28D,29D,30D. The summed E-state index contributed by atoms with van der Waals surface area (Å²) in [5, 5.41) is -3.97. The van der Waals surface area contributed by atoms with E-state index in [9.17, 15) is 23.3 Å². The van der Waals surface area contributed by atoms with E-state index in [0.717, 1.165) is 0 Å². The zero-order chi connectivity index (χ0) is 58.2. The van der Waals surface area contributed by atoms with Crippen LogP contribution in [0.25, 0.3) is 76.8 Å². The second-order valence-corrected chi connectivity index (χ2v) is 11.2. The van der Waals surface area contributed by atoms with E-state index in [4.69, 9.17) is 17.8 Å². The molecule has 0 atom stereocenters. The Hall–Kier alpha value is -6.24. The van der Waals surface area contributed by atoms with Gasteiger partial charge in [0.25, 0.3) is 0 Å². The van der Waals surface area contributed by atoms with Gasteiger partial charge in [-0.25, -0.2) is 0 Å². The minimum atomic E-state index is -2.84. The highest BCUT2D eigenvalue weighted by atomic mass is 14.5. The van der Waals surface area contributed by atoms with E-state index >= 15 is 0 Å². The quantitative estimate of drug-likeness (QED) is 0.164. The van der Waals surface area contributed by atoms with Crippen molar-refractivity contribution in [3.05, 3.63) is 204 Å². The average molecular weight is 649 g/mol. The monoisotopic (exact) mass is 648 g/mol. The van der Waals surface area contributed by atoms with Crippen molar-refractivity contribution >= 4 is 32.3 Å². The van der Waals surface area contributed by atoms with Crippen LogP contribution in [-0.4, -0.2) is 0 Å². The van der Waals surface area contributed by atoms with Gasteiger partial charge in [0.1, 0.15) is 0 Å². The summed E-state index contributed by atoms with van der Waals surface area (Å²) in [6.45, 7) is 0. The van der Waals surface area contributed by atoms with E-state index in [0.29, 0.717) is 0 Å². The van der Waals surface area contributed by atoms with Gasteiger partial charge in [0, 0.05) is 0 Å². The molecule has 0 nitrogen and oxygen atoms in total. The molecular formula is C49H30. The first kappa shape index (κ1) is 10.9. The zero-order valence-electron chi connectivity index (χ0n) is 54.5. The first-order chi connectivity index (χ1) is 36.8. The molecular weight excluding hydrogens is 589 g/mol. The molecule has 0 aromatic heterocycles. The number of benzene rings is 9. The highest BCUT2D eigenvalue weighted by Gasteiger charge is 2.51. The van der Waals surface area contributed by atoms with Crippen LogP contribution in [0.1, 0.15) is 63.4 Å². The van der Waals surface area contributed by atoms with E-state index in [1.165, 1.54) is 0 Å². The second kappa shape index (κ2) is 9.89. The van der Waals surface area contributed by atoms with E-state index < -0.39 is 286 Å². The van der Waals surface area contributed by atoms with E-state index in [-0.39, 0.29) is 0 Å². The van der Waals surface area contributed by atoms with Gasteiger partial charge >= 0.3 is 0 Å². The van der Waals surface area contributed by atoms with Gasteiger partial charge in [-0.3, -0.25) is 0 Å². The van der Waals surface area contributed by atoms with Crippen LogP contribution in [0, 0.1) is 0 Å². The molecule has 11 rings (SSSR count). The van der Waals surface area contributed by atoms with Gasteiger partial charge < -0.3 is 0 Å². The van der Waals surface area contributed by atoms with Crippen molar-refractivity contribution in [1.82, 2.24) is 0 Å². The maximum atomic E-state index is 10.3. The summed E-state index contributed by atoms with van der Waals surface area (Å²) >= 11 is 0. The minimum Gasteiger partial charge on any atom is -0.0622 e. The summed E-state index contributed by atoms with van der Waals surface area (Å²) in [4.78, 5) is 0. The molecule has 9 aromatic carbocycles. The SMILES string of the molecule is [2H]c1c([2H])c([2H])c(-c2c([2H])c([2H])c3c4c([2H])c([2H])c(-c5c([2H])c([2H])c6c(c5[2H])C5(c7c([2H])c([2H])c([2H])c([2H])c7-c7c([2H])c([2H])c([2H])c([2H])c75)c5c([2H])c([2H])c([2H])c([2H])c5-6)c([2H])c4c4c([2H])c([2H])c([2H])c([2H])c4c3c2[2H])c([2H])c1[2H]. The maximum absolute atomic E-state index is 10.3. The third kappa shape index (κ3) is 3.53. The summed E-state index contributed by atoms with van der Waals surface area (Å²) < 4.78 is 275. The highest BCUT2D eigenvalue weighted by Crippen LogP contribution is 2.63. The molecule has 49 heavy (non-hydrogen) atoms. The molecule has 9 aromatic rings. The molecule has 226 valence electrons. The van der Waals surface area contributed by atoms with Crippen molar-refractivity contribution in [3.8, 4) is 44.5 Å². The van der Waals surface area contributed by atoms with Crippen LogP contribution in [0.5, 0.6) is 0 Å². The molecule has 0 saturated heterocycles. The van der Waals surface area contributed by atoms with Crippen molar-refractivity contribution in [2.75, 3.05) is 0 Å². The maximum Gasteiger partial charge on any atom is 0.0725 e. The lowest BCUT2D eigenvalue weighted by atomic mass is 9.70. The molecule has 0 heterocycles. The smallest absolute Gasteiger partial charge is 0.0622 e. The van der Waals surface area contributed by atoms with Gasteiger partial charge in [-0.1, -0.05) is 163 Å². The van der Waals surface area contributed by atoms with Crippen LogP contribution < -0.4 is 0 Å². The third-order valence-corrected chi connectivity index (χ3v) is 8.94. The summed E-state index contributed by atoms with van der Waals surface area (Å²) in [5.41, 5.74) is -11.2. The molecule has 0 heteroatoms. The van der Waals surface area contributed by atoms with E-state index in [1.807, 2.05) is 0 Å². The predicted octanol–water partition coefficient (Wildman–Crippen LogP) is 12.8. The predicted molar refractivity (Wildman–Crippen MR) is 206 cm³/mol. The Bertz CT molecular complexity index is 4390. The Morgan fingerprint density at radius 1 is 0.265 bits per heavy atom. The number of rotatable bonds is 2.